The second-order valence-corrected chi connectivity index (χ2v) is 22.3. The SMILES string of the molecule is CC/C=C\C/C=C\C/C=C\C/C=C\C/C=C\CCCCCCCCCCCCCCCCCC(=O)OCC(COC(=O)CCCC/C=C\C/C=C\C/C=C\C/C=C\CC)OC(=O)CCCCCCCC/C=C\C/C=C\C/C=C\CCCCC. The number of carbonyl (C=O) groups is 3. The highest BCUT2D eigenvalue weighted by Gasteiger charge is 2.19. The Morgan fingerprint density at radius 3 is 0.759 bits per heavy atom. The fraction of sp³-hybridized carbons (Fsp3) is 0.649. The lowest BCUT2D eigenvalue weighted by molar-refractivity contribution is -0.167. The molecule has 83 heavy (non-hydrogen) atoms. The number of rotatable bonds is 61. The molecule has 0 rings (SSSR count). The van der Waals surface area contributed by atoms with E-state index in [4.69, 9.17) is 14.2 Å². The molecule has 1 unspecified atom stereocenters. The Morgan fingerprint density at radius 1 is 0.253 bits per heavy atom. The van der Waals surface area contributed by atoms with Crippen LogP contribution in [0.15, 0.2) is 146 Å². The van der Waals surface area contributed by atoms with Gasteiger partial charge in [-0.3, -0.25) is 14.4 Å². The summed E-state index contributed by atoms with van der Waals surface area (Å²) in [4.78, 5) is 38.4. The minimum absolute atomic E-state index is 0.0998. The van der Waals surface area contributed by atoms with E-state index >= 15 is 0 Å². The summed E-state index contributed by atoms with van der Waals surface area (Å²) < 4.78 is 16.9. The van der Waals surface area contributed by atoms with Crippen molar-refractivity contribution in [1.29, 1.82) is 0 Å². The van der Waals surface area contributed by atoms with Crippen LogP contribution in [0.4, 0.5) is 0 Å². The molecule has 6 nitrogen and oxygen atoms in total. The zero-order chi connectivity index (χ0) is 59.9. The fourth-order valence-corrected chi connectivity index (χ4v) is 9.23. The van der Waals surface area contributed by atoms with Gasteiger partial charge < -0.3 is 14.2 Å². The number of hydrogen-bond donors (Lipinski definition) is 0. The molecule has 0 bridgehead atoms. The molecule has 0 N–H and O–H groups in total. The molecular weight excluding hydrogens is 1020 g/mol. The van der Waals surface area contributed by atoms with Crippen molar-refractivity contribution >= 4 is 17.9 Å². The number of carbonyl (C=O) groups excluding carboxylic acids is 3. The predicted molar refractivity (Wildman–Crippen MR) is 362 cm³/mol. The zero-order valence-electron chi connectivity index (χ0n) is 53.9. The summed E-state index contributed by atoms with van der Waals surface area (Å²) in [6, 6.07) is 0. The summed E-state index contributed by atoms with van der Waals surface area (Å²) >= 11 is 0. The number of unbranched alkanes of at least 4 members (excludes halogenated alkanes) is 26. The van der Waals surface area contributed by atoms with Gasteiger partial charge >= 0.3 is 17.9 Å². The highest BCUT2D eigenvalue weighted by atomic mass is 16.6. The van der Waals surface area contributed by atoms with E-state index in [1.54, 1.807) is 0 Å². The third-order valence-electron chi connectivity index (χ3n) is 14.3. The van der Waals surface area contributed by atoms with E-state index in [1.165, 1.54) is 122 Å². The van der Waals surface area contributed by atoms with Gasteiger partial charge in [-0.2, -0.15) is 0 Å². The second kappa shape index (κ2) is 69.8. The largest absolute Gasteiger partial charge is 0.462 e. The van der Waals surface area contributed by atoms with Gasteiger partial charge in [-0.25, -0.2) is 0 Å². The maximum atomic E-state index is 12.9. The van der Waals surface area contributed by atoms with E-state index in [9.17, 15) is 14.4 Å². The van der Waals surface area contributed by atoms with Crippen LogP contribution in [0.3, 0.4) is 0 Å². The van der Waals surface area contributed by atoms with Crippen LogP contribution in [0.5, 0.6) is 0 Å². The van der Waals surface area contributed by atoms with Crippen LogP contribution in [-0.4, -0.2) is 37.2 Å². The first-order valence-electron chi connectivity index (χ1n) is 34.3. The number of ether oxygens (including phenoxy) is 3. The molecule has 0 aliphatic heterocycles. The Hall–Kier alpha value is -4.71. The average Bonchev–Trinajstić information content (AvgIpc) is 3.49. The van der Waals surface area contributed by atoms with Gasteiger partial charge in [0.1, 0.15) is 13.2 Å². The smallest absolute Gasteiger partial charge is 0.306 e. The van der Waals surface area contributed by atoms with Gasteiger partial charge in [0.15, 0.2) is 6.10 Å². The molecule has 0 aromatic carbocycles. The van der Waals surface area contributed by atoms with Crippen molar-refractivity contribution < 1.29 is 28.6 Å². The van der Waals surface area contributed by atoms with Crippen LogP contribution in [0.25, 0.3) is 0 Å². The highest BCUT2D eigenvalue weighted by molar-refractivity contribution is 5.71. The Morgan fingerprint density at radius 2 is 0.470 bits per heavy atom. The minimum Gasteiger partial charge on any atom is -0.462 e. The second-order valence-electron chi connectivity index (χ2n) is 22.3. The Kier molecular flexibility index (Phi) is 65.8. The van der Waals surface area contributed by atoms with E-state index in [1.807, 2.05) is 0 Å². The molecule has 0 amide bonds. The first-order chi connectivity index (χ1) is 41.0. The first kappa shape index (κ1) is 78.3. The van der Waals surface area contributed by atoms with Gasteiger partial charge in [-0.1, -0.05) is 289 Å². The third-order valence-corrected chi connectivity index (χ3v) is 14.3. The van der Waals surface area contributed by atoms with Crippen LogP contribution in [0.1, 0.15) is 303 Å². The molecule has 0 saturated heterocycles. The van der Waals surface area contributed by atoms with Crippen LogP contribution < -0.4 is 0 Å². The standard InChI is InChI=1S/C77H126O6/c1-4-7-10-13-16-19-22-25-28-30-32-33-34-35-36-37-38-39-40-41-42-43-45-46-49-52-55-58-61-64-67-70-76(79)82-73-74(72-81-75(78)69-66-63-60-57-54-51-48-27-24-21-18-15-12-9-6-3)83-77(80)71-68-65-62-59-56-53-50-47-44-31-29-26-23-20-17-14-11-8-5-2/h7,9-10,12,16-21,25-29,32-33,35-36,44,47-48,54,57,74H,4-6,8,11,13-15,22-24,30-31,34,37-43,45-46,49-53,55-56,58-73H2,1-3H3/b10-7-,12-9-,19-16-,20-17-,21-18-,28-25-,29-26-,33-32-,36-35-,47-44-,48-27-,57-54-. The normalized spacial score (nSPS) is 13.0. The zero-order valence-corrected chi connectivity index (χ0v) is 53.9. The number of allylic oxidation sites excluding steroid dienone is 24. The molecule has 6 heteroatoms. The molecule has 0 fully saturated rings. The molecule has 0 aliphatic rings. The lowest BCUT2D eigenvalue weighted by Gasteiger charge is -2.18. The maximum Gasteiger partial charge on any atom is 0.306 e. The topological polar surface area (TPSA) is 78.9 Å². The van der Waals surface area contributed by atoms with Gasteiger partial charge in [-0.15, -0.1) is 0 Å². The van der Waals surface area contributed by atoms with Crippen LogP contribution in [0, 0.1) is 0 Å². The van der Waals surface area contributed by atoms with Gasteiger partial charge in [0.25, 0.3) is 0 Å². The van der Waals surface area contributed by atoms with Crippen LogP contribution in [-0.2, 0) is 28.6 Å². The van der Waals surface area contributed by atoms with E-state index in [-0.39, 0.29) is 31.1 Å². The van der Waals surface area contributed by atoms with Crippen molar-refractivity contribution in [1.82, 2.24) is 0 Å². The summed E-state index contributed by atoms with van der Waals surface area (Å²) in [7, 11) is 0. The fourth-order valence-electron chi connectivity index (χ4n) is 9.23. The summed E-state index contributed by atoms with van der Waals surface area (Å²) in [6.45, 7) is 6.35. The lowest BCUT2D eigenvalue weighted by Crippen LogP contribution is -2.30. The first-order valence-corrected chi connectivity index (χ1v) is 34.3. The maximum absolute atomic E-state index is 12.9. The van der Waals surface area contributed by atoms with Gasteiger partial charge in [0.05, 0.1) is 0 Å². The van der Waals surface area contributed by atoms with Crippen LogP contribution in [0.2, 0.25) is 0 Å². The van der Waals surface area contributed by atoms with Crippen molar-refractivity contribution in [2.75, 3.05) is 13.2 Å². The molecular formula is C77H126O6. The average molecular weight is 1150 g/mol. The highest BCUT2D eigenvalue weighted by Crippen LogP contribution is 2.16. The summed E-state index contributed by atoms with van der Waals surface area (Å²) in [5.74, 6) is -0.951. The van der Waals surface area contributed by atoms with E-state index in [2.05, 4.69) is 167 Å². The Labute approximate surface area is 512 Å². The summed E-state index contributed by atoms with van der Waals surface area (Å²) in [5, 5.41) is 0. The number of esters is 3. The monoisotopic (exact) mass is 1150 g/mol. The molecule has 0 saturated carbocycles. The number of hydrogen-bond acceptors (Lipinski definition) is 6. The minimum atomic E-state index is -0.809. The van der Waals surface area contributed by atoms with E-state index < -0.39 is 6.10 Å². The molecule has 0 spiro atoms. The molecule has 0 aromatic rings. The molecule has 1 atom stereocenters. The molecule has 0 aliphatic carbocycles. The van der Waals surface area contributed by atoms with E-state index in [0.717, 1.165) is 141 Å². The molecule has 0 aromatic heterocycles. The lowest BCUT2D eigenvalue weighted by atomic mass is 10.0. The van der Waals surface area contributed by atoms with Crippen LogP contribution >= 0.6 is 0 Å². The summed E-state index contributed by atoms with van der Waals surface area (Å²) in [6.07, 6.45) is 100. The molecule has 0 radical (unpaired) electrons. The van der Waals surface area contributed by atoms with Gasteiger partial charge in [0, 0.05) is 19.3 Å². The molecule has 470 valence electrons. The van der Waals surface area contributed by atoms with Crippen molar-refractivity contribution in [3.05, 3.63) is 146 Å². The van der Waals surface area contributed by atoms with Gasteiger partial charge in [0.2, 0.25) is 0 Å². The van der Waals surface area contributed by atoms with Gasteiger partial charge in [-0.05, 0) is 141 Å². The van der Waals surface area contributed by atoms with E-state index in [0.29, 0.717) is 19.3 Å². The molecule has 0 heterocycles. The van der Waals surface area contributed by atoms with Crippen molar-refractivity contribution in [3.63, 3.8) is 0 Å². The quantitative estimate of drug-likeness (QED) is 0.0261. The predicted octanol–water partition coefficient (Wildman–Crippen LogP) is 23.9. The van der Waals surface area contributed by atoms with Crippen molar-refractivity contribution in [3.8, 4) is 0 Å². The Balaban J connectivity index is 4.33. The van der Waals surface area contributed by atoms with Crippen molar-refractivity contribution in [2.24, 2.45) is 0 Å². The third kappa shape index (κ3) is 68.0. The van der Waals surface area contributed by atoms with Crippen molar-refractivity contribution in [2.45, 2.75) is 309 Å². The summed E-state index contributed by atoms with van der Waals surface area (Å²) in [5.41, 5.74) is 0. The Bertz CT molecular complexity index is 1800.